The first-order chi connectivity index (χ1) is 17.9. The number of carbonyl (C=O) groups is 1. The van der Waals surface area contributed by atoms with E-state index < -0.39 is 77.1 Å². The molecule has 22 heteroatoms. The van der Waals surface area contributed by atoms with Crippen LogP contribution in [0.4, 0.5) is 87.8 Å². The second kappa shape index (κ2) is 10.2. The average molecular weight is 649 g/mol. The predicted octanol–water partition coefficient (Wildman–Crippen LogP) is 7.63. The Morgan fingerprint density at radius 3 is 1.24 bits per heavy atom. The number of nitrogens with zero attached hydrogens (tertiary/aromatic N) is 1. The quantitative estimate of drug-likeness (QED) is 0.214. The van der Waals surface area contributed by atoms with Crippen LogP contribution < -0.4 is 0 Å². The Labute approximate surface area is 213 Å². The van der Waals surface area contributed by atoms with Crippen molar-refractivity contribution < 1.29 is 92.6 Å². The molecule has 0 bridgehead atoms. The average Bonchev–Trinajstić information content (AvgIpc) is 2.82. The molecule has 0 aliphatic carbocycles. The number of hydrogen-bond donors (Lipinski definition) is 0. The van der Waals surface area contributed by atoms with Gasteiger partial charge in [-0.3, -0.25) is 4.79 Å². The van der Waals surface area contributed by atoms with Crippen molar-refractivity contribution in [1.82, 2.24) is 4.90 Å². The van der Waals surface area contributed by atoms with E-state index in [0.717, 1.165) is 24.3 Å². The molecule has 0 atom stereocenters. The molecule has 0 N–H and O–H groups in total. The molecule has 1 rings (SSSR count). The first-order valence-corrected chi connectivity index (χ1v) is 9.83. The summed E-state index contributed by atoms with van der Waals surface area (Å²) in [5.41, 5.74) is -0.241. The monoisotopic (exact) mass is 649 g/mol. The minimum Gasteiger partial charge on any atom is -0.336 e. The van der Waals surface area contributed by atoms with Gasteiger partial charge in [-0.15, -0.1) is 0 Å². The number of halogens is 20. The third kappa shape index (κ3) is 4.91. The Balaban J connectivity index is 3.66. The third-order valence-corrected chi connectivity index (χ3v) is 5.33. The van der Waals surface area contributed by atoms with Gasteiger partial charge < -0.3 is 4.90 Å². The van der Waals surface area contributed by atoms with Gasteiger partial charge in [-0.25, -0.2) is 8.78 Å². The standard InChI is InChI=1S/C19H11F20NO/c1-40(7-8-5-3-2-4-6-8)10(41)12(24,25)14(28,29)16(32,33)18(36,37)19(38,39)17(34,35)15(30,31)13(26,27)11(22,23)9(20)21/h2-6,9H,7H2,1H3. The zero-order valence-electron chi connectivity index (χ0n) is 19.1. The van der Waals surface area contributed by atoms with E-state index in [2.05, 4.69) is 0 Å². The maximum Gasteiger partial charge on any atom is 0.392 e. The van der Waals surface area contributed by atoms with E-state index in [0.29, 0.717) is 0 Å². The van der Waals surface area contributed by atoms with Crippen molar-refractivity contribution in [2.24, 2.45) is 0 Å². The summed E-state index contributed by atoms with van der Waals surface area (Å²) in [4.78, 5) is 11.1. The molecule has 0 unspecified atom stereocenters. The summed E-state index contributed by atoms with van der Waals surface area (Å²) in [5.74, 6) is -80.2. The molecule has 41 heavy (non-hydrogen) atoms. The van der Waals surface area contributed by atoms with Crippen LogP contribution in [0.2, 0.25) is 0 Å². The van der Waals surface area contributed by atoms with Crippen molar-refractivity contribution in [2.45, 2.75) is 66.3 Å². The van der Waals surface area contributed by atoms with Crippen LogP contribution in [0.1, 0.15) is 5.56 Å². The van der Waals surface area contributed by atoms with Crippen LogP contribution in [0.3, 0.4) is 0 Å². The molecule has 0 aromatic heterocycles. The van der Waals surface area contributed by atoms with Gasteiger partial charge in [0.1, 0.15) is 0 Å². The molecule has 0 spiro atoms. The zero-order valence-corrected chi connectivity index (χ0v) is 19.1. The lowest BCUT2D eigenvalue weighted by atomic mass is 9.86. The lowest BCUT2D eigenvalue weighted by Gasteiger charge is -2.44. The van der Waals surface area contributed by atoms with E-state index in [1.54, 1.807) is 0 Å². The van der Waals surface area contributed by atoms with Gasteiger partial charge in [0.15, 0.2) is 0 Å². The van der Waals surface area contributed by atoms with Gasteiger partial charge in [0, 0.05) is 13.6 Å². The fraction of sp³-hybridized carbons (Fsp3) is 0.632. The number of rotatable bonds is 12. The predicted molar refractivity (Wildman–Crippen MR) is 93.4 cm³/mol. The second-order valence-electron chi connectivity index (χ2n) is 8.17. The summed E-state index contributed by atoms with van der Waals surface area (Å²) in [6.45, 7) is -1.21. The molecule has 238 valence electrons. The van der Waals surface area contributed by atoms with Gasteiger partial charge in [-0.2, -0.15) is 79.0 Å². The van der Waals surface area contributed by atoms with Gasteiger partial charge in [0.25, 0.3) is 5.91 Å². The van der Waals surface area contributed by atoms with Crippen LogP contribution in [0.15, 0.2) is 30.3 Å². The lowest BCUT2D eigenvalue weighted by Crippen LogP contribution is -2.77. The number of benzene rings is 1. The van der Waals surface area contributed by atoms with Crippen LogP contribution >= 0.6 is 0 Å². The third-order valence-electron chi connectivity index (χ3n) is 5.33. The van der Waals surface area contributed by atoms with Gasteiger partial charge in [0.05, 0.1) is 0 Å². The Hall–Kier alpha value is -2.71. The SMILES string of the molecule is CN(Cc1ccccc1)C(=O)C(F)(F)C(F)(F)C(F)(F)C(F)(F)C(F)(F)C(F)(F)C(F)(F)C(F)(F)C(F)(F)C(F)F. The molecule has 0 fully saturated rings. The van der Waals surface area contributed by atoms with E-state index in [4.69, 9.17) is 0 Å². The highest BCUT2D eigenvalue weighted by atomic mass is 19.4. The maximum atomic E-state index is 14.1. The van der Waals surface area contributed by atoms with Crippen LogP contribution in [0.25, 0.3) is 0 Å². The molecule has 0 aliphatic rings. The summed E-state index contributed by atoms with van der Waals surface area (Å²) >= 11 is 0. The minimum atomic E-state index is -9.12. The van der Waals surface area contributed by atoms with Crippen LogP contribution in [0, 0.1) is 0 Å². The molecular weight excluding hydrogens is 638 g/mol. The highest BCUT2D eigenvalue weighted by Gasteiger charge is 2.97. The van der Waals surface area contributed by atoms with Crippen LogP contribution in [0.5, 0.6) is 0 Å². The molecule has 0 saturated carbocycles. The lowest BCUT2D eigenvalue weighted by molar-refractivity contribution is -0.463. The summed E-state index contributed by atoms with van der Waals surface area (Å²) < 4.78 is 269. The minimum absolute atomic E-state index is 0.129. The van der Waals surface area contributed by atoms with Crippen LogP contribution in [-0.4, -0.2) is 77.6 Å². The summed E-state index contributed by atoms with van der Waals surface area (Å²) in [6, 6.07) is 5.50. The molecule has 1 aromatic carbocycles. The fourth-order valence-electron chi connectivity index (χ4n) is 2.83. The highest BCUT2D eigenvalue weighted by Crippen LogP contribution is 2.65. The first kappa shape index (κ1) is 36.3. The van der Waals surface area contributed by atoms with Crippen molar-refractivity contribution >= 4 is 5.91 Å². The van der Waals surface area contributed by atoms with Gasteiger partial charge >= 0.3 is 59.7 Å². The van der Waals surface area contributed by atoms with Gasteiger partial charge in [-0.1, -0.05) is 30.3 Å². The summed E-state index contributed by atoms with van der Waals surface area (Å²) in [7, 11) is 0.129. The van der Waals surface area contributed by atoms with Crippen molar-refractivity contribution in [3.8, 4) is 0 Å². The zero-order chi connectivity index (χ0) is 33.1. The van der Waals surface area contributed by atoms with Crippen molar-refractivity contribution in [3.05, 3.63) is 35.9 Å². The summed E-state index contributed by atoms with van der Waals surface area (Å²) in [5, 5.41) is 0. The molecule has 2 nitrogen and oxygen atoms in total. The van der Waals surface area contributed by atoms with E-state index >= 15 is 0 Å². The Morgan fingerprint density at radius 2 is 0.902 bits per heavy atom. The van der Waals surface area contributed by atoms with E-state index in [9.17, 15) is 92.6 Å². The molecule has 0 heterocycles. The molecular formula is C19H11F20NO. The number of alkyl halides is 20. The molecule has 0 radical (unpaired) electrons. The molecule has 0 saturated heterocycles. The second-order valence-corrected chi connectivity index (χ2v) is 8.17. The van der Waals surface area contributed by atoms with Crippen molar-refractivity contribution in [1.29, 1.82) is 0 Å². The number of carbonyl (C=O) groups excluding carboxylic acids is 1. The van der Waals surface area contributed by atoms with Crippen molar-refractivity contribution in [2.75, 3.05) is 7.05 Å². The Kier molecular flexibility index (Phi) is 9.06. The topological polar surface area (TPSA) is 20.3 Å². The molecule has 1 aromatic rings. The Bertz CT molecular complexity index is 1080. The smallest absolute Gasteiger partial charge is 0.336 e. The molecule has 1 amide bonds. The van der Waals surface area contributed by atoms with E-state index in [-0.39, 0.29) is 12.6 Å². The maximum absolute atomic E-state index is 14.1. The number of amides is 1. The van der Waals surface area contributed by atoms with Crippen molar-refractivity contribution in [3.63, 3.8) is 0 Å². The number of hydrogen-bond acceptors (Lipinski definition) is 1. The first-order valence-electron chi connectivity index (χ1n) is 9.83. The summed E-state index contributed by atoms with van der Waals surface area (Å²) in [6.07, 6.45) is -6.13. The normalized spacial score (nSPS) is 15.4. The van der Waals surface area contributed by atoms with Gasteiger partial charge in [-0.05, 0) is 5.56 Å². The Morgan fingerprint density at radius 1 is 0.585 bits per heavy atom. The highest BCUT2D eigenvalue weighted by molar-refractivity contribution is 5.84. The van der Waals surface area contributed by atoms with Crippen LogP contribution in [-0.2, 0) is 11.3 Å². The van der Waals surface area contributed by atoms with Gasteiger partial charge in [0.2, 0.25) is 0 Å². The molecule has 0 aliphatic heterocycles. The van der Waals surface area contributed by atoms with E-state index in [1.807, 2.05) is 0 Å². The largest absolute Gasteiger partial charge is 0.392 e. The fourth-order valence-corrected chi connectivity index (χ4v) is 2.83. The van der Waals surface area contributed by atoms with E-state index in [1.165, 1.54) is 6.07 Å².